The lowest BCUT2D eigenvalue weighted by atomic mass is 9.51. The average molecular weight is 367 g/mol. The van der Waals surface area contributed by atoms with Gasteiger partial charge in [0.05, 0.1) is 6.61 Å². The number of benzene rings is 2. The standard InChI is InChI=1S/C25H31FO/c1-3-12-24-13-16-25(17-14-24,18-15-24)22-7-5-6-21(23(22)26)19-8-10-20(11-9-19)27-4-2/h5-11H,3-4,12-18H2,1-2H3. The van der Waals surface area contributed by atoms with Gasteiger partial charge in [-0.2, -0.15) is 0 Å². The van der Waals surface area contributed by atoms with E-state index in [1.165, 1.54) is 32.1 Å². The van der Waals surface area contributed by atoms with Crippen molar-refractivity contribution in [2.75, 3.05) is 6.61 Å². The molecule has 3 aliphatic carbocycles. The second-order valence-electron chi connectivity index (χ2n) is 8.65. The molecule has 5 rings (SSSR count). The molecule has 0 radical (unpaired) electrons. The summed E-state index contributed by atoms with van der Waals surface area (Å²) in [5, 5.41) is 0. The molecule has 27 heavy (non-hydrogen) atoms. The fraction of sp³-hybridized carbons (Fsp3) is 0.520. The SMILES string of the molecule is CCCC12CCC(c3cccc(-c4ccc(OCC)cc4)c3F)(CC1)CC2. The van der Waals surface area contributed by atoms with E-state index in [4.69, 9.17) is 4.74 Å². The van der Waals surface area contributed by atoms with Crippen LogP contribution in [-0.2, 0) is 5.41 Å². The second kappa shape index (κ2) is 7.30. The lowest BCUT2D eigenvalue weighted by Crippen LogP contribution is -2.44. The third-order valence-corrected chi connectivity index (χ3v) is 7.23. The van der Waals surface area contributed by atoms with E-state index in [2.05, 4.69) is 6.92 Å². The molecule has 3 saturated carbocycles. The summed E-state index contributed by atoms with van der Waals surface area (Å²) >= 11 is 0. The van der Waals surface area contributed by atoms with Crippen molar-refractivity contribution in [3.8, 4) is 16.9 Å². The van der Waals surface area contributed by atoms with Gasteiger partial charge in [0.1, 0.15) is 11.6 Å². The van der Waals surface area contributed by atoms with Crippen LogP contribution in [0.5, 0.6) is 5.75 Å². The first-order valence-electron chi connectivity index (χ1n) is 10.6. The van der Waals surface area contributed by atoms with Crippen LogP contribution in [0.4, 0.5) is 4.39 Å². The Bertz CT molecular complexity index is 768. The molecule has 0 amide bonds. The van der Waals surface area contributed by atoms with Gasteiger partial charge >= 0.3 is 0 Å². The van der Waals surface area contributed by atoms with E-state index in [0.29, 0.717) is 12.0 Å². The van der Waals surface area contributed by atoms with Gasteiger partial charge in [0, 0.05) is 5.56 Å². The molecule has 3 aliphatic rings. The number of fused-ring (bicyclic) bond motifs is 3. The number of ether oxygens (including phenoxy) is 1. The van der Waals surface area contributed by atoms with E-state index in [-0.39, 0.29) is 11.2 Å². The molecule has 0 spiro atoms. The van der Waals surface area contributed by atoms with Crippen LogP contribution in [0.15, 0.2) is 42.5 Å². The van der Waals surface area contributed by atoms with Crippen LogP contribution in [0, 0.1) is 11.2 Å². The van der Waals surface area contributed by atoms with Crippen molar-refractivity contribution in [2.24, 2.45) is 5.41 Å². The lowest BCUT2D eigenvalue weighted by Gasteiger charge is -2.54. The van der Waals surface area contributed by atoms with Gasteiger partial charge in [0.25, 0.3) is 0 Å². The van der Waals surface area contributed by atoms with Gasteiger partial charge in [0.2, 0.25) is 0 Å². The molecule has 2 aromatic carbocycles. The highest BCUT2D eigenvalue weighted by molar-refractivity contribution is 5.66. The molecule has 0 heterocycles. The third kappa shape index (κ3) is 3.28. The smallest absolute Gasteiger partial charge is 0.134 e. The van der Waals surface area contributed by atoms with Crippen LogP contribution >= 0.6 is 0 Å². The highest BCUT2D eigenvalue weighted by atomic mass is 19.1. The van der Waals surface area contributed by atoms with Gasteiger partial charge in [-0.3, -0.25) is 0 Å². The molecule has 3 fully saturated rings. The Labute approximate surface area is 163 Å². The van der Waals surface area contributed by atoms with Crippen molar-refractivity contribution >= 4 is 0 Å². The summed E-state index contributed by atoms with van der Waals surface area (Å²) in [4.78, 5) is 0. The first kappa shape index (κ1) is 18.5. The fourth-order valence-corrected chi connectivity index (χ4v) is 5.63. The maximum atomic E-state index is 15.7. The molecule has 0 saturated heterocycles. The number of rotatable bonds is 6. The van der Waals surface area contributed by atoms with Crippen LogP contribution in [0.2, 0.25) is 0 Å². The third-order valence-electron chi connectivity index (χ3n) is 7.23. The predicted molar refractivity (Wildman–Crippen MR) is 110 cm³/mol. The summed E-state index contributed by atoms with van der Waals surface area (Å²) in [5.74, 6) is 0.829. The average Bonchev–Trinajstić information content (AvgIpc) is 2.71. The minimum atomic E-state index is -0.00782. The van der Waals surface area contributed by atoms with Crippen LogP contribution in [-0.4, -0.2) is 6.61 Å². The van der Waals surface area contributed by atoms with Crippen molar-refractivity contribution in [1.29, 1.82) is 0 Å². The summed E-state index contributed by atoms with van der Waals surface area (Å²) in [6.45, 7) is 4.91. The summed E-state index contributed by atoms with van der Waals surface area (Å²) in [5.41, 5.74) is 3.22. The normalized spacial score (nSPS) is 26.9. The predicted octanol–water partition coefficient (Wildman–Crippen LogP) is 7.28. The number of halogens is 1. The highest BCUT2D eigenvalue weighted by Gasteiger charge is 2.49. The first-order chi connectivity index (χ1) is 13.1. The minimum Gasteiger partial charge on any atom is -0.494 e. The summed E-state index contributed by atoms with van der Waals surface area (Å²) in [7, 11) is 0. The quantitative estimate of drug-likeness (QED) is 0.522. The van der Waals surface area contributed by atoms with E-state index < -0.39 is 0 Å². The highest BCUT2D eigenvalue weighted by Crippen LogP contribution is 2.60. The van der Waals surface area contributed by atoms with Gasteiger partial charge in [-0.15, -0.1) is 0 Å². The topological polar surface area (TPSA) is 9.23 Å². The Morgan fingerprint density at radius 1 is 0.889 bits per heavy atom. The molecule has 2 bridgehead atoms. The molecule has 0 unspecified atom stereocenters. The molecule has 0 aromatic heterocycles. The van der Waals surface area contributed by atoms with Gasteiger partial charge < -0.3 is 4.74 Å². The Morgan fingerprint density at radius 3 is 2.15 bits per heavy atom. The van der Waals surface area contributed by atoms with Gasteiger partial charge in [-0.1, -0.05) is 43.7 Å². The number of hydrogen-bond acceptors (Lipinski definition) is 1. The minimum absolute atomic E-state index is 0.00782. The summed E-state index contributed by atoms with van der Waals surface area (Å²) in [6.07, 6.45) is 9.88. The Kier molecular flexibility index (Phi) is 5.01. The zero-order valence-electron chi connectivity index (χ0n) is 16.7. The molecule has 0 aliphatic heterocycles. The number of hydrogen-bond donors (Lipinski definition) is 0. The van der Waals surface area contributed by atoms with Crippen molar-refractivity contribution in [3.63, 3.8) is 0 Å². The Morgan fingerprint density at radius 2 is 1.56 bits per heavy atom. The van der Waals surface area contributed by atoms with Gasteiger partial charge in [-0.05, 0) is 86.0 Å². The maximum absolute atomic E-state index is 15.7. The van der Waals surface area contributed by atoms with E-state index >= 15 is 4.39 Å². The summed E-state index contributed by atoms with van der Waals surface area (Å²) in [6, 6.07) is 13.8. The molecule has 2 aromatic rings. The monoisotopic (exact) mass is 366 g/mol. The van der Waals surface area contributed by atoms with Crippen molar-refractivity contribution in [1.82, 2.24) is 0 Å². The van der Waals surface area contributed by atoms with Crippen LogP contribution in [0.3, 0.4) is 0 Å². The molecular formula is C25H31FO. The Balaban J connectivity index is 1.63. The van der Waals surface area contributed by atoms with E-state index in [1.807, 2.05) is 49.4 Å². The molecule has 144 valence electrons. The fourth-order valence-electron chi connectivity index (χ4n) is 5.63. The van der Waals surface area contributed by atoms with Crippen LogP contribution in [0.25, 0.3) is 11.1 Å². The molecule has 0 N–H and O–H groups in total. The zero-order valence-corrected chi connectivity index (χ0v) is 16.7. The van der Waals surface area contributed by atoms with E-state index in [0.717, 1.165) is 41.7 Å². The van der Waals surface area contributed by atoms with E-state index in [1.54, 1.807) is 0 Å². The Hall–Kier alpha value is -1.83. The first-order valence-corrected chi connectivity index (χ1v) is 10.6. The van der Waals surface area contributed by atoms with Crippen LogP contribution in [0.1, 0.15) is 70.8 Å². The van der Waals surface area contributed by atoms with Crippen molar-refractivity contribution in [2.45, 2.75) is 70.6 Å². The molecule has 2 heteroatoms. The maximum Gasteiger partial charge on any atom is 0.134 e. The van der Waals surface area contributed by atoms with Gasteiger partial charge in [0.15, 0.2) is 0 Å². The van der Waals surface area contributed by atoms with E-state index in [9.17, 15) is 0 Å². The molecule has 0 atom stereocenters. The zero-order chi connectivity index (χ0) is 18.9. The largest absolute Gasteiger partial charge is 0.494 e. The van der Waals surface area contributed by atoms with Gasteiger partial charge in [-0.25, -0.2) is 4.39 Å². The van der Waals surface area contributed by atoms with Crippen molar-refractivity contribution in [3.05, 3.63) is 53.8 Å². The van der Waals surface area contributed by atoms with Crippen molar-refractivity contribution < 1.29 is 9.13 Å². The molecule has 1 nitrogen and oxygen atoms in total. The lowest BCUT2D eigenvalue weighted by molar-refractivity contribution is 0.0304. The van der Waals surface area contributed by atoms with Crippen LogP contribution < -0.4 is 4.74 Å². The second-order valence-corrected chi connectivity index (χ2v) is 8.65. The summed E-state index contributed by atoms with van der Waals surface area (Å²) < 4.78 is 21.2. The molecular weight excluding hydrogens is 335 g/mol.